The van der Waals surface area contributed by atoms with E-state index in [9.17, 15) is 19.7 Å². The van der Waals surface area contributed by atoms with Crippen LogP contribution in [0.15, 0.2) is 42.5 Å². The van der Waals surface area contributed by atoms with Gasteiger partial charge in [0.1, 0.15) is 5.56 Å². The molecule has 0 fully saturated rings. The minimum Gasteiger partial charge on any atom is -0.449 e. The van der Waals surface area contributed by atoms with Gasteiger partial charge < -0.3 is 10.1 Å². The van der Waals surface area contributed by atoms with Crippen molar-refractivity contribution in [2.45, 2.75) is 26.5 Å². The Hall–Kier alpha value is -2.93. The zero-order chi connectivity index (χ0) is 19.3. The Labute approximate surface area is 155 Å². The van der Waals surface area contributed by atoms with Crippen molar-refractivity contribution < 1.29 is 19.2 Å². The molecule has 1 unspecified atom stereocenters. The van der Waals surface area contributed by atoms with Crippen molar-refractivity contribution in [3.8, 4) is 0 Å². The lowest BCUT2D eigenvalue weighted by molar-refractivity contribution is -0.385. The largest absolute Gasteiger partial charge is 0.449 e. The summed E-state index contributed by atoms with van der Waals surface area (Å²) in [6, 6.07) is 11.2. The molecule has 2 rings (SSSR count). The predicted octanol–water partition coefficient (Wildman–Crippen LogP) is 3.42. The summed E-state index contributed by atoms with van der Waals surface area (Å²) in [5.74, 6) is -1.47. The van der Waals surface area contributed by atoms with Crippen molar-refractivity contribution in [3.63, 3.8) is 0 Å². The first-order valence-corrected chi connectivity index (χ1v) is 8.14. The van der Waals surface area contributed by atoms with Gasteiger partial charge in [-0.05, 0) is 31.5 Å². The van der Waals surface area contributed by atoms with E-state index in [1.807, 2.05) is 31.2 Å². The number of esters is 1. The van der Waals surface area contributed by atoms with Crippen LogP contribution in [-0.4, -0.2) is 22.9 Å². The molecule has 0 bridgehead atoms. The average molecular weight is 377 g/mol. The summed E-state index contributed by atoms with van der Waals surface area (Å²) in [4.78, 5) is 34.5. The van der Waals surface area contributed by atoms with Crippen LogP contribution in [0.2, 0.25) is 5.02 Å². The van der Waals surface area contributed by atoms with Gasteiger partial charge >= 0.3 is 5.97 Å². The van der Waals surface area contributed by atoms with Crippen LogP contribution in [0.5, 0.6) is 0 Å². The number of nitrogens with one attached hydrogen (secondary N) is 1. The molecule has 136 valence electrons. The third kappa shape index (κ3) is 5.03. The fourth-order valence-electron chi connectivity index (χ4n) is 2.14. The number of hydrogen-bond donors (Lipinski definition) is 1. The third-order valence-corrected chi connectivity index (χ3v) is 3.85. The van der Waals surface area contributed by atoms with Crippen molar-refractivity contribution in [2.75, 3.05) is 0 Å². The van der Waals surface area contributed by atoms with Crippen molar-refractivity contribution >= 4 is 29.2 Å². The number of nitro benzene ring substituents is 1. The van der Waals surface area contributed by atoms with Crippen LogP contribution in [0.1, 0.15) is 28.4 Å². The van der Waals surface area contributed by atoms with Crippen LogP contribution in [0.3, 0.4) is 0 Å². The van der Waals surface area contributed by atoms with Gasteiger partial charge in [-0.3, -0.25) is 14.9 Å². The normalized spacial score (nSPS) is 11.5. The molecule has 0 spiro atoms. The van der Waals surface area contributed by atoms with Gasteiger partial charge in [0, 0.05) is 17.6 Å². The first-order valence-electron chi connectivity index (χ1n) is 7.76. The van der Waals surface area contributed by atoms with Crippen molar-refractivity contribution in [3.05, 3.63) is 74.3 Å². The monoisotopic (exact) mass is 376 g/mol. The van der Waals surface area contributed by atoms with Crippen LogP contribution in [0.4, 0.5) is 5.69 Å². The summed E-state index contributed by atoms with van der Waals surface area (Å²) in [5, 5.41) is 13.8. The second-order valence-corrected chi connectivity index (χ2v) is 6.11. The predicted molar refractivity (Wildman–Crippen MR) is 96.0 cm³/mol. The lowest BCUT2D eigenvalue weighted by atomic mass is 10.1. The molecular formula is C18H17ClN2O5. The standard InChI is InChI=1S/C18H17ClN2O5/c1-11-3-5-13(6-4-11)10-20-17(22)12(2)26-18(23)15-8-7-14(19)9-16(15)21(24)25/h3-9,12H,10H2,1-2H3,(H,20,22). The van der Waals surface area contributed by atoms with Crippen molar-refractivity contribution in [2.24, 2.45) is 0 Å². The summed E-state index contributed by atoms with van der Waals surface area (Å²) in [6.45, 7) is 3.63. The van der Waals surface area contributed by atoms with E-state index < -0.39 is 28.6 Å². The molecule has 8 heteroatoms. The fraction of sp³-hybridized carbons (Fsp3) is 0.222. The van der Waals surface area contributed by atoms with Crippen molar-refractivity contribution in [1.29, 1.82) is 0 Å². The molecule has 0 aliphatic carbocycles. The Balaban J connectivity index is 1.99. The lowest BCUT2D eigenvalue weighted by Gasteiger charge is -2.14. The molecule has 1 N–H and O–H groups in total. The number of hydrogen-bond acceptors (Lipinski definition) is 5. The smallest absolute Gasteiger partial charge is 0.345 e. The second kappa shape index (κ2) is 8.44. The molecule has 0 aliphatic rings. The van der Waals surface area contributed by atoms with Gasteiger partial charge in [-0.25, -0.2) is 4.79 Å². The highest BCUT2D eigenvalue weighted by Crippen LogP contribution is 2.24. The summed E-state index contributed by atoms with van der Waals surface area (Å²) in [7, 11) is 0. The van der Waals surface area contributed by atoms with Crippen LogP contribution in [0.25, 0.3) is 0 Å². The van der Waals surface area contributed by atoms with Gasteiger partial charge in [0.05, 0.1) is 4.92 Å². The number of carbonyl (C=O) groups excluding carboxylic acids is 2. The van der Waals surface area contributed by atoms with E-state index in [1.165, 1.54) is 19.1 Å². The summed E-state index contributed by atoms with van der Waals surface area (Å²) in [5.41, 5.74) is 1.26. The minimum atomic E-state index is -1.11. The number of benzene rings is 2. The summed E-state index contributed by atoms with van der Waals surface area (Å²) < 4.78 is 5.04. The Bertz CT molecular complexity index is 836. The topological polar surface area (TPSA) is 98.5 Å². The maximum Gasteiger partial charge on any atom is 0.345 e. The van der Waals surface area contributed by atoms with Crippen LogP contribution in [-0.2, 0) is 16.1 Å². The molecule has 7 nitrogen and oxygen atoms in total. The minimum absolute atomic E-state index is 0.122. The van der Waals surface area contributed by atoms with E-state index in [0.29, 0.717) is 0 Å². The maximum absolute atomic E-state index is 12.2. The number of ether oxygens (including phenoxy) is 1. The quantitative estimate of drug-likeness (QED) is 0.473. The first kappa shape index (κ1) is 19.4. The van der Waals surface area contributed by atoms with Crippen LogP contribution >= 0.6 is 11.6 Å². The molecule has 2 aromatic rings. The van der Waals surface area contributed by atoms with Gasteiger partial charge in [-0.1, -0.05) is 41.4 Å². The molecule has 0 aromatic heterocycles. The second-order valence-electron chi connectivity index (χ2n) is 5.67. The average Bonchev–Trinajstić information content (AvgIpc) is 2.60. The number of aryl methyl sites for hydroxylation is 1. The zero-order valence-electron chi connectivity index (χ0n) is 14.2. The molecule has 0 saturated heterocycles. The molecule has 1 amide bonds. The Kier molecular flexibility index (Phi) is 6.30. The van der Waals surface area contributed by atoms with E-state index >= 15 is 0 Å². The number of carbonyl (C=O) groups is 2. The Morgan fingerprint density at radius 2 is 1.88 bits per heavy atom. The molecule has 0 saturated carbocycles. The van der Waals surface area contributed by atoms with Crippen LogP contribution < -0.4 is 5.32 Å². The SMILES string of the molecule is Cc1ccc(CNC(=O)C(C)OC(=O)c2ccc(Cl)cc2[N+](=O)[O-])cc1. The first-order chi connectivity index (χ1) is 12.3. The van der Waals surface area contributed by atoms with Gasteiger partial charge in [-0.15, -0.1) is 0 Å². The van der Waals surface area contributed by atoms with E-state index in [-0.39, 0.29) is 17.1 Å². The third-order valence-electron chi connectivity index (χ3n) is 3.62. The highest BCUT2D eigenvalue weighted by Gasteiger charge is 2.25. The molecule has 1 atom stereocenters. The Morgan fingerprint density at radius 1 is 1.23 bits per heavy atom. The molecule has 0 heterocycles. The van der Waals surface area contributed by atoms with Gasteiger partial charge in [0.2, 0.25) is 0 Å². The number of nitrogens with zero attached hydrogens (tertiary/aromatic N) is 1. The molecular weight excluding hydrogens is 360 g/mol. The molecule has 0 radical (unpaired) electrons. The number of rotatable bonds is 6. The van der Waals surface area contributed by atoms with Crippen LogP contribution in [0, 0.1) is 17.0 Å². The van der Waals surface area contributed by atoms with Gasteiger partial charge in [-0.2, -0.15) is 0 Å². The number of amides is 1. The lowest BCUT2D eigenvalue weighted by Crippen LogP contribution is -2.35. The van der Waals surface area contributed by atoms with E-state index in [4.69, 9.17) is 16.3 Å². The maximum atomic E-state index is 12.2. The number of halogens is 1. The van der Waals surface area contributed by atoms with Gasteiger partial charge in [0.25, 0.3) is 11.6 Å². The van der Waals surface area contributed by atoms with E-state index in [2.05, 4.69) is 5.32 Å². The molecule has 26 heavy (non-hydrogen) atoms. The van der Waals surface area contributed by atoms with Crippen molar-refractivity contribution in [1.82, 2.24) is 5.32 Å². The highest BCUT2D eigenvalue weighted by molar-refractivity contribution is 6.31. The zero-order valence-corrected chi connectivity index (χ0v) is 14.9. The Morgan fingerprint density at radius 3 is 2.50 bits per heavy atom. The molecule has 2 aromatic carbocycles. The fourth-order valence-corrected chi connectivity index (χ4v) is 2.31. The summed E-state index contributed by atoms with van der Waals surface area (Å²) >= 11 is 5.71. The summed E-state index contributed by atoms with van der Waals surface area (Å²) in [6.07, 6.45) is -1.11. The van der Waals surface area contributed by atoms with E-state index in [0.717, 1.165) is 17.2 Å². The molecule has 0 aliphatic heterocycles. The number of nitro groups is 1. The van der Waals surface area contributed by atoms with Gasteiger partial charge in [0.15, 0.2) is 6.10 Å². The highest BCUT2D eigenvalue weighted by atomic mass is 35.5. The van der Waals surface area contributed by atoms with E-state index in [1.54, 1.807) is 0 Å².